The first-order chi connectivity index (χ1) is 12.4. The Morgan fingerprint density at radius 3 is 2.62 bits per heavy atom. The second kappa shape index (κ2) is 4.95. The van der Waals surface area contributed by atoms with Gasteiger partial charge in [-0.2, -0.15) is 4.21 Å². The third-order valence-electron chi connectivity index (χ3n) is 5.49. The molecule has 2 aromatic rings. The molecular weight excluding hydrogens is 356 g/mol. The van der Waals surface area contributed by atoms with E-state index in [0.717, 1.165) is 5.56 Å². The number of aliphatic hydroxyl groups is 1. The van der Waals surface area contributed by atoms with Crippen molar-refractivity contribution in [1.82, 2.24) is 0 Å². The first kappa shape index (κ1) is 16.0. The Balaban J connectivity index is 1.75. The van der Waals surface area contributed by atoms with Crippen LogP contribution in [-0.4, -0.2) is 39.3 Å². The van der Waals surface area contributed by atoms with E-state index in [1.165, 1.54) is 7.11 Å². The Hall–Kier alpha value is -2.19. The Kier molecular flexibility index (Phi) is 3.05. The second-order valence-electron chi connectivity index (χ2n) is 6.77. The molecule has 1 saturated heterocycles. The van der Waals surface area contributed by atoms with Gasteiger partial charge >= 0.3 is 0 Å². The summed E-state index contributed by atoms with van der Waals surface area (Å²) in [6.07, 6.45) is 0.570. The molecule has 2 aliphatic heterocycles. The third kappa shape index (κ3) is 1.83. The standard InChI is InChI=1S/C19H18O6S/c1-23-19(20)14-9-17-18(26(17,21,22)11-5-3-2-4-6-11)13-8-16-15(7-12(13)14)24-10-25-16/h2-9,17-20H,10H2,1H3,(H,21,22)/p+1. The van der Waals surface area contributed by atoms with Gasteiger partial charge in [0.25, 0.3) is 0 Å². The summed E-state index contributed by atoms with van der Waals surface area (Å²) in [7, 11) is -2.49. The number of hydrogen-bond acceptors (Lipinski definition) is 5. The molecule has 3 atom stereocenters. The highest BCUT2D eigenvalue weighted by molar-refractivity contribution is 8.22. The van der Waals surface area contributed by atoms with Crippen molar-refractivity contribution in [3.63, 3.8) is 0 Å². The van der Waals surface area contributed by atoms with Crippen LogP contribution < -0.4 is 9.47 Å². The van der Waals surface area contributed by atoms with Gasteiger partial charge < -0.3 is 23.9 Å². The monoisotopic (exact) mass is 375 g/mol. The topological polar surface area (TPSA) is 87.9 Å². The van der Waals surface area contributed by atoms with Gasteiger partial charge in [-0.1, -0.05) is 27.5 Å². The molecule has 3 N–H and O–H groups in total. The largest absolute Gasteiger partial charge is 0.454 e. The molecule has 2 heterocycles. The average molecular weight is 375 g/mol. The fraction of sp³-hybridized carbons (Fsp3) is 0.263. The highest BCUT2D eigenvalue weighted by atomic mass is 32.3. The summed E-state index contributed by atoms with van der Waals surface area (Å²) in [4.78, 5) is 0.521. The van der Waals surface area contributed by atoms with Crippen molar-refractivity contribution in [2.24, 2.45) is 0 Å². The highest BCUT2D eigenvalue weighted by Gasteiger charge is 2.72. The molecule has 3 unspecified atom stereocenters. The van der Waals surface area contributed by atoms with Gasteiger partial charge in [0.1, 0.15) is 10.5 Å². The SMILES string of the molecule is COC(O)C1=CC2C(c3cc4c(cc31)OCO4)S2(=O)([OH2+])c1ccccc1. The zero-order valence-corrected chi connectivity index (χ0v) is 14.9. The minimum Gasteiger partial charge on any atom is -0.454 e. The Bertz CT molecular complexity index is 1010. The fourth-order valence-corrected chi connectivity index (χ4v) is 8.07. The van der Waals surface area contributed by atoms with Crippen molar-refractivity contribution in [3.8, 4) is 11.5 Å². The van der Waals surface area contributed by atoms with E-state index in [4.69, 9.17) is 18.8 Å². The quantitative estimate of drug-likeness (QED) is 0.501. The van der Waals surface area contributed by atoms with E-state index in [0.29, 0.717) is 27.5 Å². The van der Waals surface area contributed by atoms with E-state index < -0.39 is 26.1 Å². The van der Waals surface area contributed by atoms with Gasteiger partial charge in [-0.25, -0.2) is 0 Å². The van der Waals surface area contributed by atoms with Crippen molar-refractivity contribution >= 4 is 14.9 Å². The normalized spacial score (nSPS) is 28.7. The van der Waals surface area contributed by atoms with Gasteiger partial charge in [0, 0.05) is 12.7 Å². The molecule has 6 nitrogen and oxygen atoms in total. The molecule has 0 aromatic heterocycles. The van der Waals surface area contributed by atoms with Crippen LogP contribution in [-0.2, 0) is 14.1 Å². The van der Waals surface area contributed by atoms with Crippen molar-refractivity contribution in [2.75, 3.05) is 13.9 Å². The van der Waals surface area contributed by atoms with Crippen LogP contribution in [0.4, 0.5) is 0 Å². The van der Waals surface area contributed by atoms with Crippen molar-refractivity contribution in [1.29, 1.82) is 0 Å². The Morgan fingerprint density at radius 2 is 1.92 bits per heavy atom. The van der Waals surface area contributed by atoms with Gasteiger partial charge in [-0.05, 0) is 41.5 Å². The Morgan fingerprint density at radius 1 is 1.23 bits per heavy atom. The maximum atomic E-state index is 14.0. The molecule has 1 fully saturated rings. The van der Waals surface area contributed by atoms with Crippen molar-refractivity contribution in [3.05, 3.63) is 59.7 Å². The number of benzene rings is 2. The number of hydrogen-bond donors (Lipinski definition) is 1. The second-order valence-corrected chi connectivity index (χ2v) is 10.4. The number of fused-ring (bicyclic) bond motifs is 4. The van der Waals surface area contributed by atoms with Gasteiger partial charge in [0.05, 0.1) is 4.90 Å². The van der Waals surface area contributed by atoms with Gasteiger partial charge in [0.15, 0.2) is 17.8 Å². The first-order valence-corrected chi connectivity index (χ1v) is 10.4. The summed E-state index contributed by atoms with van der Waals surface area (Å²) >= 11 is 0. The molecular formula is C19H19O6S+. The maximum Gasteiger partial charge on any atom is 0.231 e. The zero-order valence-electron chi connectivity index (χ0n) is 14.0. The Labute approximate surface area is 150 Å². The third-order valence-corrected chi connectivity index (χ3v) is 9.47. The van der Waals surface area contributed by atoms with Crippen LogP contribution in [0.3, 0.4) is 0 Å². The molecule has 0 saturated carbocycles. The van der Waals surface area contributed by atoms with E-state index in [-0.39, 0.29) is 6.79 Å². The lowest BCUT2D eigenvalue weighted by molar-refractivity contribution is -0.0277. The molecule has 3 aliphatic rings. The summed E-state index contributed by atoms with van der Waals surface area (Å²) in [5.41, 5.74) is 1.95. The minimum atomic E-state index is -3.90. The molecule has 0 spiro atoms. The van der Waals surface area contributed by atoms with E-state index in [9.17, 15) is 9.32 Å². The summed E-state index contributed by atoms with van der Waals surface area (Å²) < 4.78 is 39.1. The van der Waals surface area contributed by atoms with Crippen molar-refractivity contribution in [2.45, 2.75) is 21.7 Å². The number of aliphatic hydroxyl groups excluding tert-OH is 1. The van der Waals surface area contributed by atoms with Crippen LogP contribution in [0.25, 0.3) is 5.57 Å². The van der Waals surface area contributed by atoms with Crippen LogP contribution in [0.2, 0.25) is 0 Å². The van der Waals surface area contributed by atoms with Crippen molar-refractivity contribution < 1.29 is 28.1 Å². The maximum absolute atomic E-state index is 14.0. The van der Waals surface area contributed by atoms with Crippen LogP contribution in [0.5, 0.6) is 11.5 Å². The van der Waals surface area contributed by atoms with Gasteiger partial charge in [0.2, 0.25) is 6.79 Å². The van der Waals surface area contributed by atoms with E-state index in [1.54, 1.807) is 42.5 Å². The predicted molar refractivity (Wildman–Crippen MR) is 96.6 cm³/mol. The summed E-state index contributed by atoms with van der Waals surface area (Å²) in [6.45, 7) is 0.122. The molecule has 0 radical (unpaired) electrons. The summed E-state index contributed by atoms with van der Waals surface area (Å²) in [6, 6.07) is 12.5. The van der Waals surface area contributed by atoms with E-state index >= 15 is 0 Å². The van der Waals surface area contributed by atoms with Gasteiger partial charge in [-0.3, -0.25) is 0 Å². The lowest BCUT2D eigenvalue weighted by atomic mass is 9.90. The minimum absolute atomic E-state index is 0.122. The lowest BCUT2D eigenvalue weighted by Gasteiger charge is -2.23. The van der Waals surface area contributed by atoms with E-state index in [2.05, 4.69) is 0 Å². The van der Waals surface area contributed by atoms with Crippen LogP contribution in [0.15, 0.2) is 53.4 Å². The van der Waals surface area contributed by atoms with Crippen LogP contribution in [0, 0.1) is 0 Å². The summed E-state index contributed by atoms with van der Waals surface area (Å²) in [5.74, 6) is 1.15. The average Bonchev–Trinajstić information content (AvgIpc) is 2.95. The fourth-order valence-electron chi connectivity index (χ4n) is 4.12. The van der Waals surface area contributed by atoms with Crippen LogP contribution in [0.1, 0.15) is 16.4 Å². The molecule has 0 amide bonds. The summed E-state index contributed by atoms with van der Waals surface area (Å²) in [5, 5.41) is 9.36. The number of ether oxygens (including phenoxy) is 3. The zero-order chi connectivity index (χ0) is 18.1. The number of rotatable bonds is 3. The number of methoxy groups -OCH3 is 1. The first-order valence-electron chi connectivity index (χ1n) is 8.28. The lowest BCUT2D eigenvalue weighted by Crippen LogP contribution is -2.18. The van der Waals surface area contributed by atoms with Gasteiger partial charge in [-0.15, -0.1) is 0 Å². The molecule has 5 rings (SSSR count). The molecule has 2 aromatic carbocycles. The molecule has 26 heavy (non-hydrogen) atoms. The molecule has 136 valence electrons. The molecule has 7 heteroatoms. The molecule has 1 aliphatic carbocycles. The predicted octanol–water partition coefficient (Wildman–Crippen LogP) is 1.72. The van der Waals surface area contributed by atoms with Crippen LogP contribution >= 0.6 is 0 Å². The highest BCUT2D eigenvalue weighted by Crippen LogP contribution is 2.71. The molecule has 0 bridgehead atoms. The smallest absolute Gasteiger partial charge is 0.231 e. The van der Waals surface area contributed by atoms with E-state index in [1.807, 2.05) is 6.07 Å².